The molecule has 2 rings (SSSR count). The molecule has 1 heterocycles. The fourth-order valence-corrected chi connectivity index (χ4v) is 2.57. The fourth-order valence-electron chi connectivity index (χ4n) is 2.57. The predicted molar refractivity (Wildman–Crippen MR) is 68.1 cm³/mol. The van der Waals surface area contributed by atoms with E-state index in [1.165, 1.54) is 6.07 Å². The highest BCUT2D eigenvalue weighted by Crippen LogP contribution is 2.20. The van der Waals surface area contributed by atoms with Gasteiger partial charge in [-0.15, -0.1) is 0 Å². The number of benzene rings is 1. The van der Waals surface area contributed by atoms with Crippen LogP contribution in [0.15, 0.2) is 24.3 Å². The topological polar surface area (TPSA) is 29.3 Å². The third-order valence-corrected chi connectivity index (χ3v) is 3.75. The maximum atomic E-state index is 13.5. The minimum Gasteiger partial charge on any atom is -0.327 e. The molecule has 0 spiro atoms. The Labute approximate surface area is 103 Å². The van der Waals surface area contributed by atoms with E-state index in [9.17, 15) is 4.39 Å². The molecule has 0 radical (unpaired) electrons. The Morgan fingerprint density at radius 2 is 2.18 bits per heavy atom. The smallest absolute Gasteiger partial charge is 0.127 e. The summed E-state index contributed by atoms with van der Waals surface area (Å²) in [5.74, 6) is 0.450. The molecule has 3 heteroatoms. The second kappa shape index (κ2) is 5.61. The van der Waals surface area contributed by atoms with E-state index in [1.54, 1.807) is 6.07 Å². The monoisotopic (exact) mass is 236 g/mol. The van der Waals surface area contributed by atoms with Gasteiger partial charge in [0.1, 0.15) is 5.82 Å². The molecule has 0 aromatic heterocycles. The van der Waals surface area contributed by atoms with Gasteiger partial charge in [0.15, 0.2) is 0 Å². The molecular formula is C14H21FN2. The molecule has 0 amide bonds. The minimum absolute atomic E-state index is 0.101. The van der Waals surface area contributed by atoms with Crippen LogP contribution in [0.5, 0.6) is 0 Å². The van der Waals surface area contributed by atoms with Crippen LogP contribution in [0.25, 0.3) is 0 Å². The van der Waals surface area contributed by atoms with E-state index < -0.39 is 0 Å². The van der Waals surface area contributed by atoms with Crippen molar-refractivity contribution in [2.24, 2.45) is 11.7 Å². The fraction of sp³-hybridized carbons (Fsp3) is 0.571. The summed E-state index contributed by atoms with van der Waals surface area (Å²) in [5, 5.41) is 0. The molecule has 1 saturated heterocycles. The quantitative estimate of drug-likeness (QED) is 0.873. The summed E-state index contributed by atoms with van der Waals surface area (Å²) in [6.07, 6.45) is 2.13. The van der Waals surface area contributed by atoms with Gasteiger partial charge in [0.2, 0.25) is 0 Å². The van der Waals surface area contributed by atoms with E-state index in [0.29, 0.717) is 18.5 Å². The summed E-state index contributed by atoms with van der Waals surface area (Å²) in [6.45, 7) is 4.85. The zero-order valence-electron chi connectivity index (χ0n) is 10.4. The largest absolute Gasteiger partial charge is 0.327 e. The van der Waals surface area contributed by atoms with Crippen LogP contribution >= 0.6 is 0 Å². The van der Waals surface area contributed by atoms with Crippen molar-refractivity contribution in [2.75, 3.05) is 13.1 Å². The van der Waals surface area contributed by atoms with Gasteiger partial charge in [-0.2, -0.15) is 0 Å². The molecule has 1 aliphatic rings. The molecule has 2 N–H and O–H groups in total. The van der Waals surface area contributed by atoms with Crippen LogP contribution in [0, 0.1) is 11.7 Å². The van der Waals surface area contributed by atoms with Crippen molar-refractivity contribution < 1.29 is 4.39 Å². The first-order valence-electron chi connectivity index (χ1n) is 6.42. The first kappa shape index (κ1) is 12.5. The van der Waals surface area contributed by atoms with Crippen LogP contribution in [0.1, 0.15) is 25.3 Å². The highest BCUT2D eigenvalue weighted by Gasteiger charge is 2.25. The Morgan fingerprint density at radius 3 is 2.88 bits per heavy atom. The number of rotatable bonds is 3. The molecule has 2 atom stereocenters. The van der Waals surface area contributed by atoms with Crippen molar-refractivity contribution in [2.45, 2.75) is 32.4 Å². The van der Waals surface area contributed by atoms with Crippen LogP contribution in [0.3, 0.4) is 0 Å². The summed E-state index contributed by atoms with van der Waals surface area (Å²) in [6, 6.07) is 7.34. The maximum Gasteiger partial charge on any atom is 0.127 e. The number of likely N-dealkylation sites (tertiary alicyclic amines) is 1. The predicted octanol–water partition coefficient (Wildman–Crippen LogP) is 2.38. The Morgan fingerprint density at radius 1 is 1.41 bits per heavy atom. The SMILES string of the molecule is CCC1CN(Cc2ccccc2F)CCC1N. The molecule has 0 bridgehead atoms. The van der Waals surface area contributed by atoms with Gasteiger partial charge in [-0.25, -0.2) is 4.39 Å². The van der Waals surface area contributed by atoms with Gasteiger partial charge < -0.3 is 5.73 Å². The van der Waals surface area contributed by atoms with Crippen molar-refractivity contribution in [3.05, 3.63) is 35.6 Å². The van der Waals surface area contributed by atoms with E-state index in [0.717, 1.165) is 31.5 Å². The Bertz CT molecular complexity index is 367. The number of piperidine rings is 1. The standard InChI is InChI=1S/C14H21FN2/c1-2-11-9-17(8-7-14(11)16)10-12-5-3-4-6-13(12)15/h3-6,11,14H,2,7-10,16H2,1H3. The number of nitrogens with zero attached hydrogens (tertiary/aromatic N) is 1. The van der Waals surface area contributed by atoms with Gasteiger partial charge in [0.25, 0.3) is 0 Å². The third-order valence-electron chi connectivity index (χ3n) is 3.75. The maximum absolute atomic E-state index is 13.5. The normalized spacial score (nSPS) is 26.1. The second-order valence-electron chi connectivity index (χ2n) is 4.95. The van der Waals surface area contributed by atoms with Crippen LogP contribution in [0.2, 0.25) is 0 Å². The Hall–Kier alpha value is -0.930. The number of hydrogen-bond donors (Lipinski definition) is 1. The van der Waals surface area contributed by atoms with Gasteiger partial charge in [-0.1, -0.05) is 31.5 Å². The molecule has 94 valence electrons. The summed E-state index contributed by atoms with van der Waals surface area (Å²) in [4.78, 5) is 2.32. The lowest BCUT2D eigenvalue weighted by Gasteiger charge is -2.36. The zero-order valence-corrected chi connectivity index (χ0v) is 10.4. The number of hydrogen-bond acceptors (Lipinski definition) is 2. The zero-order chi connectivity index (χ0) is 12.3. The molecule has 1 aliphatic heterocycles. The van der Waals surface area contributed by atoms with Crippen LogP contribution < -0.4 is 5.73 Å². The van der Waals surface area contributed by atoms with Crippen LogP contribution in [0.4, 0.5) is 4.39 Å². The average molecular weight is 236 g/mol. The summed E-state index contributed by atoms with van der Waals surface area (Å²) in [5.41, 5.74) is 6.86. The van der Waals surface area contributed by atoms with E-state index in [4.69, 9.17) is 5.73 Å². The van der Waals surface area contributed by atoms with Crippen molar-refractivity contribution in [3.8, 4) is 0 Å². The summed E-state index contributed by atoms with van der Waals surface area (Å²) < 4.78 is 13.5. The Kier molecular flexibility index (Phi) is 4.13. The van der Waals surface area contributed by atoms with E-state index in [1.807, 2.05) is 12.1 Å². The molecule has 17 heavy (non-hydrogen) atoms. The lowest BCUT2D eigenvalue weighted by molar-refractivity contribution is 0.144. The van der Waals surface area contributed by atoms with Gasteiger partial charge in [-0.3, -0.25) is 4.90 Å². The highest BCUT2D eigenvalue weighted by molar-refractivity contribution is 5.17. The Balaban J connectivity index is 1.98. The lowest BCUT2D eigenvalue weighted by Crippen LogP contribution is -2.46. The summed E-state index contributed by atoms with van der Waals surface area (Å²) in [7, 11) is 0. The van der Waals surface area contributed by atoms with Gasteiger partial charge in [0, 0.05) is 24.7 Å². The number of halogens is 1. The molecular weight excluding hydrogens is 215 g/mol. The van der Waals surface area contributed by atoms with Crippen molar-refractivity contribution >= 4 is 0 Å². The van der Waals surface area contributed by atoms with Crippen molar-refractivity contribution in [1.29, 1.82) is 0 Å². The van der Waals surface area contributed by atoms with E-state index >= 15 is 0 Å². The van der Waals surface area contributed by atoms with Gasteiger partial charge in [-0.05, 0) is 24.9 Å². The molecule has 1 aromatic carbocycles. The minimum atomic E-state index is -0.101. The molecule has 2 unspecified atom stereocenters. The van der Waals surface area contributed by atoms with Crippen LogP contribution in [-0.2, 0) is 6.54 Å². The lowest BCUT2D eigenvalue weighted by atomic mass is 9.90. The summed E-state index contributed by atoms with van der Waals surface area (Å²) >= 11 is 0. The molecule has 2 nitrogen and oxygen atoms in total. The molecule has 0 aliphatic carbocycles. The van der Waals surface area contributed by atoms with Gasteiger partial charge in [0.05, 0.1) is 0 Å². The van der Waals surface area contributed by atoms with Crippen molar-refractivity contribution in [3.63, 3.8) is 0 Å². The average Bonchev–Trinajstić information content (AvgIpc) is 2.34. The number of nitrogens with two attached hydrogens (primary N) is 1. The first-order chi connectivity index (χ1) is 8.20. The van der Waals surface area contributed by atoms with Crippen molar-refractivity contribution in [1.82, 2.24) is 4.90 Å². The van der Waals surface area contributed by atoms with Crippen LogP contribution in [-0.4, -0.2) is 24.0 Å². The first-order valence-corrected chi connectivity index (χ1v) is 6.42. The van der Waals surface area contributed by atoms with Gasteiger partial charge >= 0.3 is 0 Å². The third kappa shape index (κ3) is 3.05. The second-order valence-corrected chi connectivity index (χ2v) is 4.95. The highest BCUT2D eigenvalue weighted by atomic mass is 19.1. The molecule has 0 saturated carbocycles. The van der Waals surface area contributed by atoms with E-state index in [2.05, 4.69) is 11.8 Å². The van der Waals surface area contributed by atoms with E-state index in [-0.39, 0.29) is 5.82 Å². The molecule has 1 fully saturated rings. The molecule has 1 aromatic rings.